The molecule has 0 spiro atoms. The van der Waals surface area contributed by atoms with E-state index < -0.39 is 10.0 Å². The maximum absolute atomic E-state index is 12.6. The van der Waals surface area contributed by atoms with Crippen LogP contribution < -0.4 is 14.4 Å². The standard InChI is InChI=1S/C21H26N2O4S/c1-15-11-16(2)13-18(12-15)27-10-8-22-28(25,26)19-6-7-20(17(3)14-19)23-9-4-5-21(23)24/h6-7,11-14,22H,4-5,8-10H2,1-3H3. The van der Waals surface area contributed by atoms with Crippen molar-refractivity contribution in [2.24, 2.45) is 0 Å². The molecule has 1 aliphatic heterocycles. The van der Waals surface area contributed by atoms with Crippen LogP contribution in [0.5, 0.6) is 5.75 Å². The van der Waals surface area contributed by atoms with Gasteiger partial charge < -0.3 is 9.64 Å². The number of sulfonamides is 1. The molecule has 0 radical (unpaired) electrons. The van der Waals surface area contributed by atoms with Gasteiger partial charge in [-0.05, 0) is 74.2 Å². The third-order valence-electron chi connectivity index (χ3n) is 4.70. The van der Waals surface area contributed by atoms with Crippen molar-refractivity contribution in [2.75, 3.05) is 24.6 Å². The highest BCUT2D eigenvalue weighted by molar-refractivity contribution is 7.89. The number of carbonyl (C=O) groups is 1. The van der Waals surface area contributed by atoms with Gasteiger partial charge in [-0.15, -0.1) is 0 Å². The molecule has 0 aliphatic carbocycles. The van der Waals surface area contributed by atoms with Crippen molar-refractivity contribution in [2.45, 2.75) is 38.5 Å². The predicted molar refractivity (Wildman–Crippen MR) is 109 cm³/mol. The summed E-state index contributed by atoms with van der Waals surface area (Å²) in [5, 5.41) is 0. The van der Waals surface area contributed by atoms with Gasteiger partial charge in [0.25, 0.3) is 0 Å². The lowest BCUT2D eigenvalue weighted by Gasteiger charge is -2.19. The average Bonchev–Trinajstić information content (AvgIpc) is 3.03. The van der Waals surface area contributed by atoms with Crippen molar-refractivity contribution in [1.29, 1.82) is 0 Å². The molecular weight excluding hydrogens is 376 g/mol. The molecule has 1 saturated heterocycles. The third kappa shape index (κ3) is 4.72. The Bertz CT molecular complexity index is 966. The van der Waals surface area contributed by atoms with E-state index in [-0.39, 0.29) is 24.0 Å². The molecule has 28 heavy (non-hydrogen) atoms. The first-order valence-electron chi connectivity index (χ1n) is 9.38. The second kappa shape index (κ2) is 8.32. The predicted octanol–water partition coefficient (Wildman–Crippen LogP) is 3.10. The summed E-state index contributed by atoms with van der Waals surface area (Å²) in [4.78, 5) is 13.8. The van der Waals surface area contributed by atoms with Crippen LogP contribution in [0.4, 0.5) is 5.69 Å². The molecule has 7 heteroatoms. The van der Waals surface area contributed by atoms with E-state index in [1.54, 1.807) is 23.1 Å². The highest BCUT2D eigenvalue weighted by atomic mass is 32.2. The van der Waals surface area contributed by atoms with Gasteiger partial charge in [-0.1, -0.05) is 6.07 Å². The van der Waals surface area contributed by atoms with Crippen molar-refractivity contribution < 1.29 is 17.9 Å². The van der Waals surface area contributed by atoms with Gasteiger partial charge in [0.2, 0.25) is 15.9 Å². The highest BCUT2D eigenvalue weighted by Gasteiger charge is 2.24. The van der Waals surface area contributed by atoms with Crippen molar-refractivity contribution in [3.05, 3.63) is 53.1 Å². The highest BCUT2D eigenvalue weighted by Crippen LogP contribution is 2.27. The summed E-state index contributed by atoms with van der Waals surface area (Å²) in [5.41, 5.74) is 3.74. The summed E-state index contributed by atoms with van der Waals surface area (Å²) >= 11 is 0. The summed E-state index contributed by atoms with van der Waals surface area (Å²) in [7, 11) is -3.64. The van der Waals surface area contributed by atoms with E-state index in [4.69, 9.17) is 4.74 Å². The van der Waals surface area contributed by atoms with Gasteiger partial charge in [-0.25, -0.2) is 13.1 Å². The number of rotatable bonds is 7. The van der Waals surface area contributed by atoms with Gasteiger partial charge in [-0.3, -0.25) is 4.79 Å². The van der Waals surface area contributed by atoms with Crippen LogP contribution >= 0.6 is 0 Å². The Morgan fingerprint density at radius 2 is 1.79 bits per heavy atom. The average molecular weight is 403 g/mol. The molecule has 0 saturated carbocycles. The normalized spacial score (nSPS) is 14.5. The first kappa shape index (κ1) is 20.4. The zero-order chi connectivity index (χ0) is 20.3. The topological polar surface area (TPSA) is 75.7 Å². The van der Waals surface area contributed by atoms with Crippen LogP contribution in [0.25, 0.3) is 0 Å². The van der Waals surface area contributed by atoms with Gasteiger partial charge in [0, 0.05) is 25.2 Å². The zero-order valence-corrected chi connectivity index (χ0v) is 17.3. The van der Waals surface area contributed by atoms with E-state index in [0.717, 1.165) is 34.5 Å². The van der Waals surface area contributed by atoms with E-state index in [1.807, 2.05) is 32.9 Å². The Morgan fingerprint density at radius 3 is 2.39 bits per heavy atom. The van der Waals surface area contributed by atoms with Gasteiger partial charge in [0.15, 0.2) is 0 Å². The molecule has 0 aromatic heterocycles. The number of carbonyl (C=O) groups excluding carboxylic acids is 1. The summed E-state index contributed by atoms with van der Waals surface area (Å²) in [5.74, 6) is 0.813. The van der Waals surface area contributed by atoms with Crippen LogP contribution in [-0.4, -0.2) is 34.0 Å². The summed E-state index contributed by atoms with van der Waals surface area (Å²) in [6.45, 7) is 6.89. The largest absolute Gasteiger partial charge is 0.492 e. The summed E-state index contributed by atoms with van der Waals surface area (Å²) in [6, 6.07) is 10.7. The Labute approximate surface area is 166 Å². The van der Waals surface area contributed by atoms with Crippen LogP contribution in [0.1, 0.15) is 29.5 Å². The van der Waals surface area contributed by atoms with Gasteiger partial charge in [0.05, 0.1) is 4.90 Å². The minimum atomic E-state index is -3.64. The number of anilines is 1. The van der Waals surface area contributed by atoms with Crippen LogP contribution in [-0.2, 0) is 14.8 Å². The fraction of sp³-hybridized carbons (Fsp3) is 0.381. The van der Waals surface area contributed by atoms with Crippen molar-refractivity contribution >= 4 is 21.6 Å². The maximum Gasteiger partial charge on any atom is 0.240 e. The Balaban J connectivity index is 1.61. The number of ether oxygens (including phenoxy) is 1. The van der Waals surface area contributed by atoms with Crippen LogP contribution in [0.3, 0.4) is 0 Å². The summed E-state index contributed by atoms with van der Waals surface area (Å²) < 4.78 is 33.3. The van der Waals surface area contributed by atoms with Crippen molar-refractivity contribution in [1.82, 2.24) is 4.72 Å². The van der Waals surface area contributed by atoms with Gasteiger partial charge >= 0.3 is 0 Å². The molecule has 1 heterocycles. The fourth-order valence-corrected chi connectivity index (χ4v) is 4.54. The second-order valence-electron chi connectivity index (χ2n) is 7.17. The molecule has 0 atom stereocenters. The molecule has 0 unspecified atom stereocenters. The Hall–Kier alpha value is -2.38. The number of nitrogens with zero attached hydrogens (tertiary/aromatic N) is 1. The van der Waals surface area contributed by atoms with Crippen molar-refractivity contribution in [3.8, 4) is 5.75 Å². The molecule has 3 rings (SSSR count). The number of aryl methyl sites for hydroxylation is 3. The van der Waals surface area contributed by atoms with Crippen LogP contribution in [0, 0.1) is 20.8 Å². The lowest BCUT2D eigenvalue weighted by Crippen LogP contribution is -2.29. The molecule has 2 aromatic rings. The minimum absolute atomic E-state index is 0.0837. The maximum atomic E-state index is 12.6. The van der Waals surface area contributed by atoms with E-state index in [0.29, 0.717) is 13.0 Å². The molecule has 1 N–H and O–H groups in total. The molecule has 2 aromatic carbocycles. The number of hydrogen-bond donors (Lipinski definition) is 1. The number of nitrogens with one attached hydrogen (secondary N) is 1. The van der Waals surface area contributed by atoms with Crippen LogP contribution in [0.2, 0.25) is 0 Å². The monoisotopic (exact) mass is 402 g/mol. The Morgan fingerprint density at radius 1 is 1.07 bits per heavy atom. The number of hydrogen-bond acceptors (Lipinski definition) is 4. The molecule has 1 fully saturated rings. The number of benzene rings is 2. The molecule has 6 nitrogen and oxygen atoms in total. The minimum Gasteiger partial charge on any atom is -0.492 e. The van der Waals surface area contributed by atoms with E-state index in [9.17, 15) is 13.2 Å². The first-order valence-corrected chi connectivity index (χ1v) is 10.9. The lowest BCUT2D eigenvalue weighted by molar-refractivity contribution is -0.117. The molecule has 1 amide bonds. The zero-order valence-electron chi connectivity index (χ0n) is 16.5. The third-order valence-corrected chi connectivity index (χ3v) is 6.16. The first-order chi connectivity index (χ1) is 13.3. The van der Waals surface area contributed by atoms with Crippen LogP contribution in [0.15, 0.2) is 41.3 Å². The summed E-state index contributed by atoms with van der Waals surface area (Å²) in [6.07, 6.45) is 1.38. The van der Waals surface area contributed by atoms with E-state index in [1.165, 1.54) is 0 Å². The van der Waals surface area contributed by atoms with E-state index >= 15 is 0 Å². The fourth-order valence-electron chi connectivity index (χ4n) is 3.45. The smallest absolute Gasteiger partial charge is 0.240 e. The lowest BCUT2D eigenvalue weighted by atomic mass is 10.1. The van der Waals surface area contributed by atoms with Gasteiger partial charge in [-0.2, -0.15) is 0 Å². The van der Waals surface area contributed by atoms with E-state index in [2.05, 4.69) is 10.8 Å². The Kier molecular flexibility index (Phi) is 6.05. The molecule has 150 valence electrons. The molecule has 1 aliphatic rings. The molecule has 0 bridgehead atoms. The van der Waals surface area contributed by atoms with Crippen molar-refractivity contribution in [3.63, 3.8) is 0 Å². The second-order valence-corrected chi connectivity index (χ2v) is 8.93. The SMILES string of the molecule is Cc1cc(C)cc(OCCNS(=O)(=O)c2ccc(N3CCCC3=O)c(C)c2)c1. The quantitative estimate of drug-likeness (QED) is 0.722. The van der Waals surface area contributed by atoms with Gasteiger partial charge in [0.1, 0.15) is 12.4 Å². The molecular formula is C21H26N2O4S. The number of amides is 1.